The molecular formula is C18H15N3O2. The van der Waals surface area contributed by atoms with E-state index in [1.165, 1.54) is 11.9 Å². The average molecular weight is 305 g/mol. The number of nitrogens with zero attached hydrogens (tertiary/aromatic N) is 3. The Morgan fingerprint density at radius 3 is 2.78 bits per heavy atom. The predicted molar refractivity (Wildman–Crippen MR) is 88.0 cm³/mol. The number of benzene rings is 1. The first-order valence-corrected chi connectivity index (χ1v) is 7.23. The molecule has 0 saturated carbocycles. The lowest BCUT2D eigenvalue weighted by molar-refractivity contribution is -0.110. The number of hydrogen-bond acceptors (Lipinski definition) is 5. The van der Waals surface area contributed by atoms with Crippen molar-refractivity contribution in [1.29, 1.82) is 0 Å². The minimum absolute atomic E-state index is 0.227. The summed E-state index contributed by atoms with van der Waals surface area (Å²) in [5, 5.41) is 0. The van der Waals surface area contributed by atoms with Crippen LogP contribution in [-0.4, -0.2) is 28.2 Å². The molecule has 0 bridgehead atoms. The third-order valence-corrected chi connectivity index (χ3v) is 3.40. The van der Waals surface area contributed by atoms with Crippen LogP contribution in [0.4, 0.5) is 5.82 Å². The molecule has 0 fully saturated rings. The van der Waals surface area contributed by atoms with E-state index in [2.05, 4.69) is 27.4 Å². The van der Waals surface area contributed by atoms with Crippen LogP contribution < -0.4 is 4.74 Å². The van der Waals surface area contributed by atoms with E-state index in [0.717, 1.165) is 6.42 Å². The van der Waals surface area contributed by atoms with Gasteiger partial charge in [0.2, 0.25) is 5.88 Å². The van der Waals surface area contributed by atoms with Crippen LogP contribution in [0, 0.1) is 0 Å². The van der Waals surface area contributed by atoms with Gasteiger partial charge in [-0.3, -0.25) is 4.79 Å². The number of rotatable bonds is 6. The highest BCUT2D eigenvalue weighted by molar-refractivity contribution is 6.37. The van der Waals surface area contributed by atoms with Gasteiger partial charge in [0.1, 0.15) is 17.5 Å². The summed E-state index contributed by atoms with van der Waals surface area (Å²) in [4.78, 5) is 24.4. The summed E-state index contributed by atoms with van der Waals surface area (Å²) < 4.78 is 5.76. The van der Waals surface area contributed by atoms with Crippen molar-refractivity contribution in [2.45, 2.75) is 13.3 Å². The number of ketones is 1. The Kier molecular flexibility index (Phi) is 4.13. The zero-order chi connectivity index (χ0) is 16.2. The topological polar surface area (TPSA) is 64.4 Å². The highest BCUT2D eigenvalue weighted by Gasteiger charge is 2.26. The third kappa shape index (κ3) is 3.10. The number of Topliss-reactive ketones (excluding diaryl/α,β-unsaturated/α-hetero) is 1. The Labute approximate surface area is 134 Å². The smallest absolute Gasteiger partial charge is 0.227 e. The summed E-state index contributed by atoms with van der Waals surface area (Å²) in [6, 6.07) is 10.0. The SMILES string of the molecule is C=C(C)C(=O)C1=C=Nc2ncnc(OCCc3ccccc3)c21. The van der Waals surface area contributed by atoms with Crippen molar-refractivity contribution in [3.05, 3.63) is 59.9 Å². The van der Waals surface area contributed by atoms with Crippen LogP contribution >= 0.6 is 0 Å². The van der Waals surface area contributed by atoms with E-state index >= 15 is 0 Å². The number of aliphatic imine (C=N–C) groups is 1. The van der Waals surface area contributed by atoms with Crippen LogP contribution in [-0.2, 0) is 11.2 Å². The largest absolute Gasteiger partial charge is 0.477 e. The Bertz CT molecular complexity index is 835. The number of aromatic nitrogens is 2. The van der Waals surface area contributed by atoms with Gasteiger partial charge in [0.25, 0.3) is 0 Å². The predicted octanol–water partition coefficient (Wildman–Crippen LogP) is 2.94. The number of fused-ring (bicyclic) bond motifs is 1. The van der Waals surface area contributed by atoms with Crippen LogP contribution in [0.5, 0.6) is 5.88 Å². The van der Waals surface area contributed by atoms with E-state index in [-0.39, 0.29) is 5.78 Å². The van der Waals surface area contributed by atoms with Gasteiger partial charge in [-0.25, -0.2) is 9.97 Å². The highest BCUT2D eigenvalue weighted by Crippen LogP contribution is 2.35. The molecule has 0 atom stereocenters. The fourth-order valence-corrected chi connectivity index (χ4v) is 2.23. The summed E-state index contributed by atoms with van der Waals surface area (Å²) in [5.41, 5.74) is 2.38. The number of ether oxygens (including phenoxy) is 1. The summed E-state index contributed by atoms with van der Waals surface area (Å²) in [6.45, 7) is 5.76. The standard InChI is InChI=1S/C18H15N3O2/c1-12(2)16(22)14-10-19-17-15(14)18(21-11-20-17)23-9-8-13-6-4-3-5-7-13/h3-7,11H,1,8-9H2,2H3. The molecule has 3 rings (SSSR count). The molecule has 0 N–H and O–H groups in total. The maximum absolute atomic E-state index is 12.2. The van der Waals surface area contributed by atoms with Crippen molar-refractivity contribution >= 4 is 23.0 Å². The maximum atomic E-state index is 12.2. The van der Waals surface area contributed by atoms with Crippen molar-refractivity contribution in [3.8, 4) is 5.88 Å². The Balaban J connectivity index is 1.78. The molecular weight excluding hydrogens is 290 g/mol. The molecule has 0 unspecified atom stereocenters. The van der Waals surface area contributed by atoms with Crippen molar-refractivity contribution < 1.29 is 9.53 Å². The van der Waals surface area contributed by atoms with Gasteiger partial charge in [0.15, 0.2) is 11.6 Å². The zero-order valence-corrected chi connectivity index (χ0v) is 12.7. The van der Waals surface area contributed by atoms with Gasteiger partial charge >= 0.3 is 0 Å². The van der Waals surface area contributed by atoms with Gasteiger partial charge in [-0.05, 0) is 18.1 Å². The van der Waals surface area contributed by atoms with Crippen LogP contribution in [0.3, 0.4) is 0 Å². The Hall–Kier alpha value is -3.04. The molecule has 0 amide bonds. The quantitative estimate of drug-likeness (QED) is 0.770. The first-order valence-electron chi connectivity index (χ1n) is 7.23. The van der Waals surface area contributed by atoms with Crippen LogP contribution in [0.1, 0.15) is 18.1 Å². The second-order valence-corrected chi connectivity index (χ2v) is 5.17. The average Bonchev–Trinajstić information content (AvgIpc) is 3.00. The number of carbonyl (C=O) groups excluding carboxylic acids is 1. The molecule has 1 aliphatic heterocycles. The normalized spacial score (nSPS) is 11.8. The third-order valence-electron chi connectivity index (χ3n) is 3.40. The second kappa shape index (κ2) is 6.38. The van der Waals surface area contributed by atoms with E-state index < -0.39 is 0 Å². The molecule has 114 valence electrons. The Morgan fingerprint density at radius 1 is 1.26 bits per heavy atom. The van der Waals surface area contributed by atoms with Gasteiger partial charge < -0.3 is 4.74 Å². The van der Waals surface area contributed by atoms with Gasteiger partial charge in [0.05, 0.1) is 6.61 Å². The minimum Gasteiger partial charge on any atom is -0.477 e. The van der Waals surface area contributed by atoms with E-state index in [4.69, 9.17) is 4.74 Å². The Morgan fingerprint density at radius 2 is 2.04 bits per heavy atom. The number of allylic oxidation sites excluding steroid dienone is 2. The summed E-state index contributed by atoms with van der Waals surface area (Å²) in [7, 11) is 0. The molecule has 23 heavy (non-hydrogen) atoms. The van der Waals surface area contributed by atoms with Crippen LogP contribution in [0.15, 0.2) is 53.8 Å². The van der Waals surface area contributed by atoms with Gasteiger partial charge in [-0.15, -0.1) is 0 Å². The zero-order valence-electron chi connectivity index (χ0n) is 12.7. The van der Waals surface area contributed by atoms with E-state index in [1.54, 1.807) is 6.92 Å². The molecule has 0 saturated heterocycles. The fraction of sp³-hybridized carbons (Fsp3) is 0.167. The van der Waals surface area contributed by atoms with Crippen LogP contribution in [0.2, 0.25) is 0 Å². The van der Waals surface area contributed by atoms with E-state index in [0.29, 0.717) is 35.0 Å². The maximum Gasteiger partial charge on any atom is 0.227 e. The minimum atomic E-state index is -0.227. The first kappa shape index (κ1) is 14.9. The molecule has 5 heteroatoms. The monoisotopic (exact) mass is 305 g/mol. The molecule has 0 radical (unpaired) electrons. The lowest BCUT2D eigenvalue weighted by Crippen LogP contribution is -2.08. The molecule has 5 nitrogen and oxygen atoms in total. The molecule has 0 spiro atoms. The second-order valence-electron chi connectivity index (χ2n) is 5.17. The summed E-state index contributed by atoms with van der Waals surface area (Å²) >= 11 is 0. The summed E-state index contributed by atoms with van der Waals surface area (Å²) in [6.07, 6.45) is 2.12. The van der Waals surface area contributed by atoms with Crippen molar-refractivity contribution in [3.63, 3.8) is 0 Å². The molecule has 1 aromatic heterocycles. The molecule has 2 aromatic rings. The number of carbonyl (C=O) groups is 1. The van der Waals surface area contributed by atoms with Gasteiger partial charge in [-0.2, -0.15) is 4.99 Å². The molecule has 1 aromatic carbocycles. The van der Waals surface area contributed by atoms with Crippen LogP contribution in [0.25, 0.3) is 5.57 Å². The lowest BCUT2D eigenvalue weighted by Gasteiger charge is -2.10. The molecule has 0 aliphatic carbocycles. The van der Waals surface area contributed by atoms with Crippen molar-refractivity contribution in [2.75, 3.05) is 6.61 Å². The number of hydrogen-bond donors (Lipinski definition) is 0. The van der Waals surface area contributed by atoms with Crippen molar-refractivity contribution in [1.82, 2.24) is 9.97 Å². The van der Waals surface area contributed by atoms with E-state index in [9.17, 15) is 4.79 Å². The highest BCUT2D eigenvalue weighted by atomic mass is 16.5. The lowest BCUT2D eigenvalue weighted by atomic mass is 10.0. The van der Waals surface area contributed by atoms with E-state index in [1.807, 2.05) is 30.3 Å². The fourth-order valence-electron chi connectivity index (χ4n) is 2.23. The van der Waals surface area contributed by atoms with Gasteiger partial charge in [-0.1, -0.05) is 36.9 Å². The first-order chi connectivity index (χ1) is 11.2. The van der Waals surface area contributed by atoms with Gasteiger partial charge in [0, 0.05) is 12.3 Å². The summed E-state index contributed by atoms with van der Waals surface area (Å²) in [5.74, 6) is 3.23. The van der Waals surface area contributed by atoms with Crippen molar-refractivity contribution in [2.24, 2.45) is 4.99 Å². The molecule has 1 aliphatic rings. The molecule has 2 heterocycles.